The zero-order chi connectivity index (χ0) is 24.1. The van der Waals surface area contributed by atoms with Crippen LogP contribution >= 0.6 is 0 Å². The highest BCUT2D eigenvalue weighted by atomic mass is 19.1. The lowest BCUT2D eigenvalue weighted by Gasteiger charge is -2.39. The van der Waals surface area contributed by atoms with Crippen LogP contribution in [0.4, 0.5) is 10.1 Å². The molecule has 1 saturated heterocycles. The smallest absolute Gasteiger partial charge is 0.256 e. The Balaban J connectivity index is 1.28. The number of piperazine rings is 1. The van der Waals surface area contributed by atoms with Gasteiger partial charge in [0.25, 0.3) is 11.8 Å². The van der Waals surface area contributed by atoms with Crippen molar-refractivity contribution in [3.8, 4) is 11.1 Å². The van der Waals surface area contributed by atoms with Crippen molar-refractivity contribution in [3.63, 3.8) is 0 Å². The minimum atomic E-state index is -0.847. The van der Waals surface area contributed by atoms with Crippen LogP contribution in [0, 0.1) is 5.82 Å². The normalized spacial score (nSPS) is 17.6. The van der Waals surface area contributed by atoms with Gasteiger partial charge in [-0.25, -0.2) is 4.39 Å². The fourth-order valence-electron chi connectivity index (χ4n) is 4.65. The average Bonchev–Trinajstić information content (AvgIpc) is 3.32. The lowest BCUT2D eigenvalue weighted by atomic mass is 10.0. The number of aromatic amines is 1. The third-order valence-corrected chi connectivity index (χ3v) is 6.49. The van der Waals surface area contributed by atoms with E-state index in [0.717, 1.165) is 0 Å². The Morgan fingerprint density at radius 2 is 1.77 bits per heavy atom. The molecule has 2 aliphatic heterocycles. The monoisotopic (exact) mass is 470 g/mol. The van der Waals surface area contributed by atoms with Crippen LogP contribution in [-0.2, 0) is 4.79 Å². The molecule has 1 aromatic heterocycles. The van der Waals surface area contributed by atoms with Gasteiger partial charge in [0.05, 0.1) is 17.8 Å². The zero-order valence-corrected chi connectivity index (χ0v) is 18.4. The SMILES string of the molecule is O=C1Nc2ccc(-c3ccccc3F)cc2C(=O)N2CCN(C(=O)c3ccc4n[nH]nc4c3)CC12. The Bertz CT molecular complexity index is 1520. The number of anilines is 1. The number of aromatic nitrogens is 3. The number of carbonyl (C=O) groups excluding carboxylic acids is 3. The molecule has 0 bridgehead atoms. The third-order valence-electron chi connectivity index (χ3n) is 6.49. The molecule has 2 N–H and O–H groups in total. The Kier molecular flexibility index (Phi) is 4.80. The predicted molar refractivity (Wildman–Crippen MR) is 125 cm³/mol. The number of nitrogens with zero attached hydrogens (tertiary/aromatic N) is 4. The largest absolute Gasteiger partial charge is 0.334 e. The van der Waals surface area contributed by atoms with Crippen LogP contribution in [0.1, 0.15) is 20.7 Å². The summed E-state index contributed by atoms with van der Waals surface area (Å²) in [4.78, 5) is 42.8. The summed E-state index contributed by atoms with van der Waals surface area (Å²) in [5, 5.41) is 13.3. The lowest BCUT2D eigenvalue weighted by Crippen LogP contribution is -2.59. The Morgan fingerprint density at radius 3 is 2.63 bits per heavy atom. The molecule has 35 heavy (non-hydrogen) atoms. The molecule has 3 aromatic carbocycles. The van der Waals surface area contributed by atoms with Crippen molar-refractivity contribution in [2.45, 2.75) is 6.04 Å². The molecular formula is C25H19FN6O3. The highest BCUT2D eigenvalue weighted by molar-refractivity contribution is 6.11. The highest BCUT2D eigenvalue weighted by Gasteiger charge is 2.40. The molecule has 4 aromatic rings. The molecule has 0 spiro atoms. The maximum Gasteiger partial charge on any atom is 0.256 e. The van der Waals surface area contributed by atoms with Crippen molar-refractivity contribution in [2.24, 2.45) is 0 Å². The van der Waals surface area contributed by atoms with Crippen LogP contribution in [0.3, 0.4) is 0 Å². The van der Waals surface area contributed by atoms with Crippen molar-refractivity contribution in [1.29, 1.82) is 0 Å². The quantitative estimate of drug-likeness (QED) is 0.468. The minimum Gasteiger partial charge on any atom is -0.334 e. The van der Waals surface area contributed by atoms with Gasteiger partial charge in [-0.15, -0.1) is 0 Å². The molecule has 1 fully saturated rings. The van der Waals surface area contributed by atoms with Crippen molar-refractivity contribution < 1.29 is 18.8 Å². The van der Waals surface area contributed by atoms with Crippen LogP contribution in [0.15, 0.2) is 60.7 Å². The summed E-state index contributed by atoms with van der Waals surface area (Å²) >= 11 is 0. The van der Waals surface area contributed by atoms with E-state index in [4.69, 9.17) is 0 Å². The van der Waals surface area contributed by atoms with Crippen molar-refractivity contribution in [3.05, 3.63) is 77.6 Å². The van der Waals surface area contributed by atoms with Crippen LogP contribution in [0.25, 0.3) is 22.2 Å². The standard InChI is InChI=1S/C25H19FN6O3/c26-18-4-2-1-3-16(18)14-5-7-19-17(11-14)25(35)32-10-9-31(13-22(32)23(33)27-19)24(34)15-6-8-20-21(12-15)29-30-28-20/h1-8,11-12,22H,9-10,13H2,(H,27,33)(H,28,29,30). The molecule has 2 aliphatic rings. The molecule has 174 valence electrons. The molecule has 0 radical (unpaired) electrons. The molecule has 1 atom stereocenters. The first kappa shape index (κ1) is 21.0. The number of nitrogens with one attached hydrogen (secondary N) is 2. The first-order valence-corrected chi connectivity index (χ1v) is 11.1. The van der Waals surface area contributed by atoms with Gasteiger partial charge in [-0.3, -0.25) is 14.4 Å². The van der Waals surface area contributed by atoms with Gasteiger partial charge in [0.2, 0.25) is 5.91 Å². The maximum absolute atomic E-state index is 14.3. The predicted octanol–water partition coefficient (Wildman–Crippen LogP) is 2.68. The van der Waals surface area contributed by atoms with Crippen LogP contribution in [0.5, 0.6) is 0 Å². The molecule has 10 heteroatoms. The van der Waals surface area contributed by atoms with Crippen LogP contribution in [-0.4, -0.2) is 68.6 Å². The zero-order valence-electron chi connectivity index (χ0n) is 18.4. The van der Waals surface area contributed by atoms with Gasteiger partial charge in [-0.2, -0.15) is 15.4 Å². The number of fused-ring (bicyclic) bond motifs is 3. The molecule has 3 amide bonds. The van der Waals surface area contributed by atoms with E-state index in [0.29, 0.717) is 33.4 Å². The van der Waals surface area contributed by atoms with E-state index in [2.05, 4.69) is 20.7 Å². The molecule has 0 saturated carbocycles. The summed E-state index contributed by atoms with van der Waals surface area (Å²) in [6.07, 6.45) is 0. The van der Waals surface area contributed by atoms with Gasteiger partial charge in [0, 0.05) is 24.2 Å². The van der Waals surface area contributed by atoms with E-state index in [-0.39, 0.29) is 42.9 Å². The number of benzene rings is 3. The summed E-state index contributed by atoms with van der Waals surface area (Å²) in [6, 6.07) is 15.4. The molecule has 1 unspecified atom stereocenters. The van der Waals surface area contributed by atoms with Gasteiger partial charge < -0.3 is 15.1 Å². The topological polar surface area (TPSA) is 111 Å². The summed E-state index contributed by atoms with van der Waals surface area (Å²) in [6.45, 7) is 0.521. The third kappa shape index (κ3) is 3.50. The summed E-state index contributed by atoms with van der Waals surface area (Å²) in [5.74, 6) is -1.36. The average molecular weight is 470 g/mol. The maximum atomic E-state index is 14.3. The Labute approximate surface area is 198 Å². The van der Waals surface area contributed by atoms with E-state index in [9.17, 15) is 18.8 Å². The van der Waals surface area contributed by atoms with Gasteiger partial charge in [-0.1, -0.05) is 24.3 Å². The van der Waals surface area contributed by atoms with E-state index in [1.807, 2.05) is 0 Å². The van der Waals surface area contributed by atoms with Gasteiger partial charge >= 0.3 is 0 Å². The van der Waals surface area contributed by atoms with Gasteiger partial charge in [-0.05, 0) is 42.0 Å². The first-order valence-electron chi connectivity index (χ1n) is 11.1. The number of rotatable bonds is 2. The second kappa shape index (κ2) is 8.01. The number of amides is 3. The number of carbonyl (C=O) groups is 3. The molecule has 9 nitrogen and oxygen atoms in total. The fraction of sp³-hybridized carbons (Fsp3) is 0.160. The highest BCUT2D eigenvalue weighted by Crippen LogP contribution is 2.31. The van der Waals surface area contributed by atoms with E-state index < -0.39 is 11.9 Å². The summed E-state index contributed by atoms with van der Waals surface area (Å²) in [5.41, 5.74) is 3.21. The van der Waals surface area contributed by atoms with Crippen molar-refractivity contribution >= 4 is 34.4 Å². The van der Waals surface area contributed by atoms with E-state index in [1.54, 1.807) is 59.5 Å². The van der Waals surface area contributed by atoms with Crippen LogP contribution < -0.4 is 5.32 Å². The molecule has 6 rings (SSSR count). The van der Waals surface area contributed by atoms with Gasteiger partial charge in [0.15, 0.2) is 0 Å². The van der Waals surface area contributed by atoms with Crippen molar-refractivity contribution in [1.82, 2.24) is 25.2 Å². The second-order valence-corrected chi connectivity index (χ2v) is 8.52. The lowest BCUT2D eigenvalue weighted by molar-refractivity contribution is -0.121. The Morgan fingerprint density at radius 1 is 0.943 bits per heavy atom. The van der Waals surface area contributed by atoms with Crippen molar-refractivity contribution in [2.75, 3.05) is 25.0 Å². The number of H-pyrrole nitrogens is 1. The number of hydrogen-bond donors (Lipinski definition) is 2. The second-order valence-electron chi connectivity index (χ2n) is 8.52. The first-order chi connectivity index (χ1) is 17.0. The minimum absolute atomic E-state index is 0.0570. The number of halogens is 1. The van der Waals surface area contributed by atoms with E-state index >= 15 is 0 Å². The number of hydrogen-bond acceptors (Lipinski definition) is 5. The summed E-state index contributed by atoms with van der Waals surface area (Å²) < 4.78 is 14.3. The Hall–Kier alpha value is -4.60. The molecule has 3 heterocycles. The molecular weight excluding hydrogens is 451 g/mol. The fourth-order valence-corrected chi connectivity index (χ4v) is 4.65. The summed E-state index contributed by atoms with van der Waals surface area (Å²) in [7, 11) is 0. The van der Waals surface area contributed by atoms with Gasteiger partial charge in [0.1, 0.15) is 22.9 Å². The molecule has 0 aliphatic carbocycles. The van der Waals surface area contributed by atoms with E-state index in [1.165, 1.54) is 11.0 Å². The van der Waals surface area contributed by atoms with Crippen LogP contribution in [0.2, 0.25) is 0 Å².